The Morgan fingerprint density at radius 3 is 0.905 bits per heavy atom. The fraction of sp³-hybridized carbons (Fsp3) is 0.621. The fourth-order valence-electron chi connectivity index (χ4n) is 9.44. The average molecular weight is 887 g/mol. The van der Waals surface area contributed by atoms with Gasteiger partial charge in [0.25, 0.3) is 0 Å². The van der Waals surface area contributed by atoms with Gasteiger partial charge in [-0.3, -0.25) is 0 Å². The Bertz CT molecular complexity index is 1700. The zero-order valence-electron chi connectivity index (χ0n) is 40.7. The predicted octanol–water partition coefficient (Wildman–Crippen LogP) is 15.2. The number of hydrogen-bond donors (Lipinski definition) is 0. The molecule has 4 aromatic rings. The van der Waals surface area contributed by atoms with E-state index in [1.165, 1.54) is 165 Å². The normalized spacial score (nSPS) is 11.1. The van der Waals surface area contributed by atoms with Gasteiger partial charge in [0.1, 0.15) is 0 Å². The minimum Gasteiger partial charge on any atom is -0.545 e. The number of benzene rings is 4. The van der Waals surface area contributed by atoms with E-state index in [9.17, 15) is 19.8 Å². The number of carbonyl (C=O) groups excluding carboxylic acids is 2. The molecule has 4 rings (SSSR count). The number of carboxylic acid groups (broad SMARTS) is 2. The number of unbranched alkanes of at least 4 members (excludes halogenated alkanes) is 24. The van der Waals surface area contributed by atoms with Crippen LogP contribution in [-0.2, 0) is 25.7 Å². The van der Waals surface area contributed by atoms with Gasteiger partial charge >= 0.3 is 37.7 Å². The minimum atomic E-state index is -1.02. The smallest absolute Gasteiger partial charge is 0.545 e. The molecule has 0 amide bonds. The monoisotopic (exact) mass is 887 g/mol. The number of carbonyl (C=O) groups is 2. The molecule has 63 heavy (non-hydrogen) atoms. The van der Waals surface area contributed by atoms with E-state index in [-0.39, 0.29) is 37.7 Å². The first-order valence-electron chi connectivity index (χ1n) is 25.9. The van der Waals surface area contributed by atoms with Crippen molar-refractivity contribution < 1.29 is 19.8 Å². The van der Waals surface area contributed by atoms with Gasteiger partial charge in [-0.25, -0.2) is 0 Å². The minimum absolute atomic E-state index is 0. The molecule has 0 aliphatic carbocycles. The summed E-state index contributed by atoms with van der Waals surface area (Å²) in [7, 11) is 0. The van der Waals surface area contributed by atoms with Crippen LogP contribution < -0.4 is 10.2 Å². The number of aromatic carboxylic acids is 2. The van der Waals surface area contributed by atoms with Crippen molar-refractivity contribution in [1.82, 2.24) is 0 Å². The summed E-state index contributed by atoms with van der Waals surface area (Å²) in [4.78, 5) is 24.3. The zero-order chi connectivity index (χ0) is 44.6. The maximum atomic E-state index is 12.2. The van der Waals surface area contributed by atoms with Crippen LogP contribution in [0.1, 0.15) is 250 Å². The Balaban J connectivity index is 0.000000427. The molecular weight excluding hydrogens is 801 g/mol. The van der Waals surface area contributed by atoms with Gasteiger partial charge in [0.05, 0.1) is 11.9 Å². The van der Waals surface area contributed by atoms with Crippen molar-refractivity contribution in [2.45, 2.75) is 233 Å². The van der Waals surface area contributed by atoms with Gasteiger partial charge in [0.15, 0.2) is 0 Å². The van der Waals surface area contributed by atoms with Crippen molar-refractivity contribution in [3.8, 4) is 0 Å². The molecule has 0 radical (unpaired) electrons. The van der Waals surface area contributed by atoms with Crippen molar-refractivity contribution in [3.63, 3.8) is 0 Å². The van der Waals surface area contributed by atoms with Crippen LogP contribution >= 0.6 is 0 Å². The van der Waals surface area contributed by atoms with E-state index in [2.05, 4.69) is 39.8 Å². The van der Waals surface area contributed by atoms with E-state index in [0.717, 1.165) is 84.0 Å². The Labute approximate surface area is 415 Å². The van der Waals surface area contributed by atoms with Crippen molar-refractivity contribution in [2.75, 3.05) is 0 Å². The largest absolute Gasteiger partial charge is 2.00 e. The number of rotatable bonds is 34. The van der Waals surface area contributed by atoms with Crippen molar-refractivity contribution in [3.05, 3.63) is 94.0 Å². The van der Waals surface area contributed by atoms with Crippen LogP contribution in [0.4, 0.5) is 0 Å². The van der Waals surface area contributed by atoms with Gasteiger partial charge in [0.2, 0.25) is 0 Å². The first kappa shape index (κ1) is 56.7. The summed E-state index contributed by atoms with van der Waals surface area (Å²) in [5.41, 5.74) is 5.44. The van der Waals surface area contributed by atoms with Crippen LogP contribution in [0.3, 0.4) is 0 Å². The molecule has 5 heteroatoms. The summed E-state index contributed by atoms with van der Waals surface area (Å²) in [6.45, 7) is 8.99. The summed E-state index contributed by atoms with van der Waals surface area (Å²) in [6.07, 6.45) is 38.9. The SMILES string of the molecule is CCCCCCCCCc1cc2ccccc2c(C(=O)[O-])c1CCCCCCCCC.CCCCCCCCCc1cc2ccccc2c(C(=O)[O-])c1CCCCCCCCC.[Ca+2]. The average Bonchev–Trinajstić information content (AvgIpc) is 3.27. The molecule has 0 atom stereocenters. The quantitative estimate of drug-likeness (QED) is 0.0346. The van der Waals surface area contributed by atoms with E-state index in [0.29, 0.717) is 11.1 Å². The predicted molar refractivity (Wildman–Crippen MR) is 269 cm³/mol. The maximum Gasteiger partial charge on any atom is 2.00 e. The Morgan fingerprint density at radius 1 is 0.365 bits per heavy atom. The Kier molecular flexibility index (Phi) is 32.2. The second kappa shape index (κ2) is 35.8. The molecule has 344 valence electrons. The number of carboxylic acids is 2. The van der Waals surface area contributed by atoms with E-state index < -0.39 is 11.9 Å². The molecule has 0 bridgehead atoms. The first-order valence-corrected chi connectivity index (χ1v) is 25.9. The molecule has 0 spiro atoms. The van der Waals surface area contributed by atoms with Crippen molar-refractivity contribution in [1.29, 1.82) is 0 Å². The Hall–Kier alpha value is -2.40. The number of hydrogen-bond acceptors (Lipinski definition) is 4. The number of fused-ring (bicyclic) bond motifs is 2. The third-order valence-corrected chi connectivity index (χ3v) is 13.1. The standard InChI is InChI=1S/2C29H44O2.Ca/c2*1-3-5-7-9-11-13-15-19-24-23-25-20-17-18-22-27(25)28(29(30)31)26(24)21-16-14-12-10-8-6-4-2;/h2*17-18,20,22-23H,3-16,19,21H2,1-2H3,(H,30,31);/q;;+2/p-2. The van der Waals surface area contributed by atoms with Crippen LogP contribution in [0, 0.1) is 0 Å². The van der Waals surface area contributed by atoms with Gasteiger partial charge in [-0.1, -0.05) is 242 Å². The van der Waals surface area contributed by atoms with Gasteiger partial charge < -0.3 is 19.8 Å². The summed E-state index contributed by atoms with van der Waals surface area (Å²) in [5, 5.41) is 28.1. The van der Waals surface area contributed by atoms with Crippen molar-refractivity contribution >= 4 is 71.2 Å². The molecule has 0 fully saturated rings. The topological polar surface area (TPSA) is 80.3 Å². The van der Waals surface area contributed by atoms with Crippen molar-refractivity contribution in [2.24, 2.45) is 0 Å². The van der Waals surface area contributed by atoms with Crippen LogP contribution in [-0.4, -0.2) is 49.7 Å². The fourth-order valence-corrected chi connectivity index (χ4v) is 9.44. The molecule has 0 aliphatic rings. The Morgan fingerprint density at radius 2 is 0.619 bits per heavy atom. The summed E-state index contributed by atoms with van der Waals surface area (Å²) in [5.74, 6) is -2.04. The molecule has 0 aromatic heterocycles. The first-order chi connectivity index (χ1) is 30.4. The molecule has 0 saturated heterocycles. The maximum absolute atomic E-state index is 12.2. The molecule has 0 heterocycles. The van der Waals surface area contributed by atoms with Crippen LogP contribution in [0.15, 0.2) is 60.7 Å². The molecule has 4 aromatic carbocycles. The third kappa shape index (κ3) is 21.6. The summed E-state index contributed by atoms with van der Waals surface area (Å²) < 4.78 is 0. The third-order valence-electron chi connectivity index (χ3n) is 13.1. The second-order valence-electron chi connectivity index (χ2n) is 18.3. The van der Waals surface area contributed by atoms with E-state index in [1.54, 1.807) is 0 Å². The summed E-state index contributed by atoms with van der Waals surface area (Å²) in [6, 6.07) is 20.3. The molecular formula is C58H86CaO4. The molecule has 0 aliphatic heterocycles. The summed E-state index contributed by atoms with van der Waals surface area (Å²) >= 11 is 0. The van der Waals surface area contributed by atoms with Gasteiger partial charge in [-0.05, 0) is 95.2 Å². The molecule has 0 saturated carbocycles. The number of aryl methyl sites for hydroxylation is 2. The van der Waals surface area contributed by atoms with Crippen LogP contribution in [0.2, 0.25) is 0 Å². The van der Waals surface area contributed by atoms with Gasteiger partial charge in [-0.15, -0.1) is 0 Å². The zero-order valence-corrected chi connectivity index (χ0v) is 42.9. The van der Waals surface area contributed by atoms with Gasteiger partial charge in [-0.2, -0.15) is 0 Å². The molecule has 4 nitrogen and oxygen atoms in total. The van der Waals surface area contributed by atoms with E-state index >= 15 is 0 Å². The molecule has 0 N–H and O–H groups in total. The van der Waals surface area contributed by atoms with Crippen LogP contribution in [0.25, 0.3) is 21.5 Å². The van der Waals surface area contributed by atoms with E-state index in [4.69, 9.17) is 0 Å². The second-order valence-corrected chi connectivity index (χ2v) is 18.3. The molecule has 0 unspecified atom stereocenters. The van der Waals surface area contributed by atoms with Crippen LogP contribution in [0.5, 0.6) is 0 Å². The van der Waals surface area contributed by atoms with E-state index in [1.807, 2.05) is 48.5 Å². The van der Waals surface area contributed by atoms with Gasteiger partial charge in [0, 0.05) is 11.1 Å².